The van der Waals surface area contributed by atoms with Crippen molar-refractivity contribution in [1.29, 1.82) is 0 Å². The van der Waals surface area contributed by atoms with Gasteiger partial charge in [0.2, 0.25) is 10.0 Å². The minimum Gasteiger partial charge on any atom is -0.492 e. The Morgan fingerprint density at radius 1 is 1.10 bits per heavy atom. The summed E-state index contributed by atoms with van der Waals surface area (Å²) < 4.78 is 37.5. The molecular formula is C20H25N3O4S2. The molecule has 1 saturated heterocycles. The number of benzene rings is 2. The third-order valence-electron chi connectivity index (χ3n) is 4.40. The number of nitrogens with one attached hydrogen (secondary N) is 2. The Balaban J connectivity index is 1.43. The third-order valence-corrected chi connectivity index (χ3v) is 6.56. The van der Waals surface area contributed by atoms with Crippen molar-refractivity contribution in [2.75, 3.05) is 44.8 Å². The van der Waals surface area contributed by atoms with Crippen LogP contribution in [0.5, 0.6) is 5.75 Å². The minimum absolute atomic E-state index is 0.258. The highest BCUT2D eigenvalue weighted by Crippen LogP contribution is 2.20. The highest BCUT2D eigenvalue weighted by atomic mass is 32.2. The summed E-state index contributed by atoms with van der Waals surface area (Å²) in [4.78, 5) is 0.258. The van der Waals surface area contributed by atoms with E-state index in [1.807, 2.05) is 31.2 Å². The van der Waals surface area contributed by atoms with E-state index in [0.29, 0.717) is 50.3 Å². The molecule has 0 aliphatic carbocycles. The lowest BCUT2D eigenvalue weighted by Crippen LogP contribution is -2.40. The highest BCUT2D eigenvalue weighted by Gasteiger charge is 2.26. The van der Waals surface area contributed by atoms with Gasteiger partial charge in [0, 0.05) is 18.8 Å². The van der Waals surface area contributed by atoms with Crippen LogP contribution in [-0.4, -0.2) is 57.3 Å². The molecule has 2 aromatic carbocycles. The lowest BCUT2D eigenvalue weighted by Gasteiger charge is -2.26. The number of ether oxygens (including phenoxy) is 2. The molecule has 1 fully saturated rings. The summed E-state index contributed by atoms with van der Waals surface area (Å²) in [5, 5.41) is 6.70. The first-order valence-electron chi connectivity index (χ1n) is 9.37. The Kier molecular flexibility index (Phi) is 7.43. The SMILES string of the molecule is Cc1ccc(NC(=S)NCCOc2ccc(S(=O)(=O)N3CCOCC3)cc2)cc1. The number of anilines is 1. The maximum atomic E-state index is 12.6. The van der Waals surface area contributed by atoms with Crippen molar-refractivity contribution >= 4 is 33.0 Å². The van der Waals surface area contributed by atoms with Crippen LogP contribution < -0.4 is 15.4 Å². The summed E-state index contributed by atoms with van der Waals surface area (Å²) in [7, 11) is -3.49. The molecular weight excluding hydrogens is 410 g/mol. The number of morpholine rings is 1. The van der Waals surface area contributed by atoms with Gasteiger partial charge >= 0.3 is 0 Å². The van der Waals surface area contributed by atoms with Crippen molar-refractivity contribution < 1.29 is 17.9 Å². The number of sulfonamides is 1. The summed E-state index contributed by atoms with van der Waals surface area (Å²) in [6, 6.07) is 14.4. The number of hydrogen-bond donors (Lipinski definition) is 2. The van der Waals surface area contributed by atoms with Gasteiger partial charge in [-0.05, 0) is 55.5 Å². The Hall–Kier alpha value is -2.20. The van der Waals surface area contributed by atoms with Crippen molar-refractivity contribution in [2.24, 2.45) is 0 Å². The molecule has 9 heteroatoms. The van der Waals surface area contributed by atoms with E-state index in [1.165, 1.54) is 9.87 Å². The predicted molar refractivity (Wildman–Crippen MR) is 117 cm³/mol. The maximum absolute atomic E-state index is 12.6. The summed E-state index contributed by atoms with van der Waals surface area (Å²) in [5.41, 5.74) is 2.11. The molecule has 0 bridgehead atoms. The number of nitrogens with zero attached hydrogens (tertiary/aromatic N) is 1. The molecule has 0 amide bonds. The summed E-state index contributed by atoms with van der Waals surface area (Å²) in [5.74, 6) is 0.602. The van der Waals surface area contributed by atoms with Gasteiger partial charge in [-0.2, -0.15) is 4.31 Å². The van der Waals surface area contributed by atoms with Crippen LogP contribution >= 0.6 is 12.2 Å². The van der Waals surface area contributed by atoms with Crippen LogP contribution in [0.3, 0.4) is 0 Å². The normalized spacial score (nSPS) is 14.9. The first-order valence-corrected chi connectivity index (χ1v) is 11.2. The van der Waals surface area contributed by atoms with Gasteiger partial charge in [-0.3, -0.25) is 0 Å². The molecule has 156 valence electrons. The number of hydrogen-bond acceptors (Lipinski definition) is 5. The molecule has 1 heterocycles. The molecule has 0 atom stereocenters. The van der Waals surface area contributed by atoms with Crippen molar-refractivity contribution in [3.8, 4) is 5.75 Å². The molecule has 3 rings (SSSR count). The fraction of sp³-hybridized carbons (Fsp3) is 0.350. The molecule has 1 aliphatic heterocycles. The van der Waals surface area contributed by atoms with E-state index >= 15 is 0 Å². The Morgan fingerprint density at radius 3 is 2.41 bits per heavy atom. The molecule has 0 aromatic heterocycles. The molecule has 7 nitrogen and oxygen atoms in total. The fourth-order valence-electron chi connectivity index (χ4n) is 2.79. The van der Waals surface area contributed by atoms with Crippen molar-refractivity contribution in [2.45, 2.75) is 11.8 Å². The molecule has 1 aliphatic rings. The molecule has 0 spiro atoms. The smallest absolute Gasteiger partial charge is 0.243 e. The monoisotopic (exact) mass is 435 g/mol. The lowest BCUT2D eigenvalue weighted by atomic mass is 10.2. The average molecular weight is 436 g/mol. The zero-order chi connectivity index (χ0) is 20.7. The van der Waals surface area contributed by atoms with Crippen LogP contribution in [0.25, 0.3) is 0 Å². The van der Waals surface area contributed by atoms with Gasteiger partial charge in [0.25, 0.3) is 0 Å². The summed E-state index contributed by atoms with van der Waals surface area (Å²) in [6.45, 7) is 4.55. The average Bonchev–Trinajstić information content (AvgIpc) is 2.74. The van der Waals surface area contributed by atoms with E-state index in [2.05, 4.69) is 10.6 Å². The van der Waals surface area contributed by atoms with E-state index in [0.717, 1.165) is 5.69 Å². The number of thiocarbonyl (C=S) groups is 1. The Bertz CT molecular complexity index is 910. The van der Waals surface area contributed by atoms with E-state index in [4.69, 9.17) is 21.7 Å². The molecule has 0 unspecified atom stereocenters. The molecule has 2 N–H and O–H groups in total. The van der Waals surface area contributed by atoms with E-state index in [1.54, 1.807) is 24.3 Å². The van der Waals surface area contributed by atoms with Gasteiger partial charge in [0.05, 0.1) is 24.7 Å². The van der Waals surface area contributed by atoms with Crippen LogP contribution in [0.2, 0.25) is 0 Å². The summed E-state index contributed by atoms with van der Waals surface area (Å²) in [6.07, 6.45) is 0. The molecule has 0 saturated carbocycles. The zero-order valence-corrected chi connectivity index (χ0v) is 17.9. The second kappa shape index (κ2) is 10.0. The molecule has 29 heavy (non-hydrogen) atoms. The first kappa shape index (κ1) is 21.5. The minimum atomic E-state index is -3.49. The van der Waals surface area contributed by atoms with Gasteiger partial charge in [-0.1, -0.05) is 17.7 Å². The third kappa shape index (κ3) is 6.14. The standard InChI is InChI=1S/C20H25N3O4S2/c1-16-2-4-17(5-3-16)22-20(28)21-10-13-27-18-6-8-19(9-7-18)29(24,25)23-11-14-26-15-12-23/h2-9H,10-15H2,1H3,(H2,21,22,28). The predicted octanol–water partition coefficient (Wildman–Crippen LogP) is 2.38. The zero-order valence-electron chi connectivity index (χ0n) is 16.3. The van der Waals surface area contributed by atoms with Gasteiger partial charge in [-0.15, -0.1) is 0 Å². The Labute approximate surface area is 177 Å². The van der Waals surface area contributed by atoms with Crippen molar-refractivity contribution in [1.82, 2.24) is 9.62 Å². The van der Waals surface area contributed by atoms with Crippen LogP contribution in [0.15, 0.2) is 53.4 Å². The Morgan fingerprint density at radius 2 is 1.76 bits per heavy atom. The lowest BCUT2D eigenvalue weighted by molar-refractivity contribution is 0.0730. The van der Waals surface area contributed by atoms with E-state index in [9.17, 15) is 8.42 Å². The second-order valence-corrected chi connectivity index (χ2v) is 8.93. The van der Waals surface area contributed by atoms with Gasteiger partial charge in [-0.25, -0.2) is 8.42 Å². The second-order valence-electron chi connectivity index (χ2n) is 6.58. The van der Waals surface area contributed by atoms with Crippen LogP contribution in [-0.2, 0) is 14.8 Å². The quantitative estimate of drug-likeness (QED) is 0.511. The molecule has 0 radical (unpaired) electrons. The van der Waals surface area contributed by atoms with Crippen LogP contribution in [0.4, 0.5) is 5.69 Å². The van der Waals surface area contributed by atoms with E-state index < -0.39 is 10.0 Å². The first-order chi connectivity index (χ1) is 13.9. The number of aryl methyl sites for hydroxylation is 1. The molecule has 2 aromatic rings. The van der Waals surface area contributed by atoms with E-state index in [-0.39, 0.29) is 4.90 Å². The van der Waals surface area contributed by atoms with Gasteiger partial charge in [0.15, 0.2) is 5.11 Å². The summed E-state index contributed by atoms with van der Waals surface area (Å²) >= 11 is 5.26. The largest absolute Gasteiger partial charge is 0.492 e. The van der Waals surface area contributed by atoms with Crippen LogP contribution in [0, 0.1) is 6.92 Å². The van der Waals surface area contributed by atoms with Gasteiger partial charge in [0.1, 0.15) is 12.4 Å². The van der Waals surface area contributed by atoms with Crippen LogP contribution in [0.1, 0.15) is 5.56 Å². The van der Waals surface area contributed by atoms with Crippen molar-refractivity contribution in [3.63, 3.8) is 0 Å². The van der Waals surface area contributed by atoms with Crippen molar-refractivity contribution in [3.05, 3.63) is 54.1 Å². The highest BCUT2D eigenvalue weighted by molar-refractivity contribution is 7.89. The number of rotatable bonds is 7. The maximum Gasteiger partial charge on any atom is 0.243 e. The fourth-order valence-corrected chi connectivity index (χ4v) is 4.42. The topological polar surface area (TPSA) is 79.9 Å². The van der Waals surface area contributed by atoms with Gasteiger partial charge < -0.3 is 20.1 Å².